The Bertz CT molecular complexity index is 1420. The van der Waals surface area contributed by atoms with Crippen LogP contribution in [0.1, 0.15) is 36.1 Å². The number of rotatable bonds is 8. The minimum atomic E-state index is 0.563. The number of imidazole rings is 1. The average Bonchev–Trinajstić information content (AvgIpc) is 3.55. The van der Waals surface area contributed by atoms with Gasteiger partial charge in [0, 0.05) is 43.1 Å². The molecule has 0 unspecified atom stereocenters. The Morgan fingerprint density at radius 3 is 2.82 bits per heavy atom. The monoisotopic (exact) mass is 452 g/mol. The predicted molar refractivity (Wildman–Crippen MR) is 131 cm³/mol. The first kappa shape index (κ1) is 20.8. The number of fused-ring (bicyclic) bond motifs is 1. The van der Waals surface area contributed by atoms with Crippen LogP contribution in [-0.2, 0) is 13.1 Å². The summed E-state index contributed by atoms with van der Waals surface area (Å²) in [6.07, 6.45) is 18.1. The Balaban J connectivity index is 1.15. The zero-order valence-electron chi connectivity index (χ0n) is 19.3. The summed E-state index contributed by atoms with van der Waals surface area (Å²) in [6, 6.07) is 8.38. The van der Waals surface area contributed by atoms with Crippen molar-refractivity contribution in [1.82, 2.24) is 39.2 Å². The second-order valence-corrected chi connectivity index (χ2v) is 9.29. The molecule has 0 radical (unpaired) electrons. The summed E-state index contributed by atoms with van der Waals surface area (Å²) >= 11 is 0. The maximum atomic E-state index is 4.76. The SMILES string of the molecule is Cc1ccn(-c2cncc(-c3cn(Cc4cn5cc(CNCC6CCC6)ccc5n4)nn3)c2)c1. The van der Waals surface area contributed by atoms with Gasteiger partial charge in [0.05, 0.1) is 30.3 Å². The molecule has 1 saturated carbocycles. The fourth-order valence-corrected chi connectivity index (χ4v) is 4.44. The highest BCUT2D eigenvalue weighted by atomic mass is 15.4. The molecular formula is C26H28N8. The quantitative estimate of drug-likeness (QED) is 0.385. The van der Waals surface area contributed by atoms with Crippen LogP contribution in [0.25, 0.3) is 22.6 Å². The molecule has 8 heteroatoms. The zero-order chi connectivity index (χ0) is 22.9. The van der Waals surface area contributed by atoms with E-state index in [0.717, 1.165) is 47.3 Å². The van der Waals surface area contributed by atoms with Crippen molar-refractivity contribution in [2.75, 3.05) is 6.54 Å². The van der Waals surface area contributed by atoms with Gasteiger partial charge in [-0.15, -0.1) is 5.10 Å². The molecule has 0 amide bonds. The van der Waals surface area contributed by atoms with E-state index in [4.69, 9.17) is 4.98 Å². The molecular weight excluding hydrogens is 424 g/mol. The van der Waals surface area contributed by atoms with Crippen LogP contribution in [0, 0.1) is 12.8 Å². The summed E-state index contributed by atoms with van der Waals surface area (Å²) in [6.45, 7) is 4.65. The van der Waals surface area contributed by atoms with Gasteiger partial charge in [-0.05, 0) is 61.6 Å². The van der Waals surface area contributed by atoms with E-state index in [1.807, 2.05) is 29.5 Å². The van der Waals surface area contributed by atoms with Crippen molar-refractivity contribution in [2.45, 2.75) is 39.3 Å². The van der Waals surface area contributed by atoms with Crippen LogP contribution in [-0.4, -0.2) is 40.5 Å². The lowest BCUT2D eigenvalue weighted by Gasteiger charge is -2.25. The molecule has 1 N–H and O–H groups in total. The van der Waals surface area contributed by atoms with Crippen molar-refractivity contribution in [2.24, 2.45) is 5.92 Å². The molecule has 5 aromatic heterocycles. The average molecular weight is 453 g/mol. The number of aryl methyl sites for hydroxylation is 1. The third-order valence-corrected chi connectivity index (χ3v) is 6.57. The van der Waals surface area contributed by atoms with E-state index < -0.39 is 0 Å². The normalized spacial score (nSPS) is 14.0. The predicted octanol–water partition coefficient (Wildman–Crippen LogP) is 4.02. The van der Waals surface area contributed by atoms with E-state index in [0.29, 0.717) is 6.54 Å². The van der Waals surface area contributed by atoms with Crippen LogP contribution in [0.4, 0.5) is 0 Å². The number of hydrogen-bond acceptors (Lipinski definition) is 5. The lowest BCUT2D eigenvalue weighted by atomic mass is 9.85. The van der Waals surface area contributed by atoms with Crippen molar-refractivity contribution < 1.29 is 0 Å². The Morgan fingerprint density at radius 1 is 1.06 bits per heavy atom. The van der Waals surface area contributed by atoms with E-state index in [-0.39, 0.29) is 0 Å². The Hall–Kier alpha value is -3.78. The van der Waals surface area contributed by atoms with Gasteiger partial charge < -0.3 is 14.3 Å². The van der Waals surface area contributed by atoms with Gasteiger partial charge in [0.1, 0.15) is 11.3 Å². The molecule has 0 aromatic carbocycles. The molecule has 0 spiro atoms. The molecule has 0 aliphatic heterocycles. The van der Waals surface area contributed by atoms with E-state index in [1.165, 1.54) is 30.4 Å². The molecule has 5 heterocycles. The number of nitrogens with one attached hydrogen (secondary N) is 1. The lowest BCUT2D eigenvalue weighted by Crippen LogP contribution is -2.26. The second-order valence-electron chi connectivity index (χ2n) is 9.29. The van der Waals surface area contributed by atoms with Crippen molar-refractivity contribution in [3.63, 3.8) is 0 Å². The van der Waals surface area contributed by atoms with Gasteiger partial charge >= 0.3 is 0 Å². The fraction of sp³-hybridized carbons (Fsp3) is 0.308. The van der Waals surface area contributed by atoms with Gasteiger partial charge in [0.25, 0.3) is 0 Å². The number of pyridine rings is 2. The van der Waals surface area contributed by atoms with Crippen molar-refractivity contribution in [3.05, 3.63) is 84.5 Å². The van der Waals surface area contributed by atoms with Gasteiger partial charge in [-0.25, -0.2) is 9.67 Å². The molecule has 8 nitrogen and oxygen atoms in total. The highest BCUT2D eigenvalue weighted by Gasteiger charge is 2.16. The number of hydrogen-bond donors (Lipinski definition) is 1. The summed E-state index contributed by atoms with van der Waals surface area (Å²) in [5.41, 5.74) is 7.09. The van der Waals surface area contributed by atoms with Gasteiger partial charge in [-0.3, -0.25) is 4.98 Å². The molecule has 1 aliphatic rings. The number of nitrogens with zero attached hydrogens (tertiary/aromatic N) is 7. The van der Waals surface area contributed by atoms with Crippen LogP contribution < -0.4 is 5.32 Å². The summed E-state index contributed by atoms with van der Waals surface area (Å²) in [4.78, 5) is 9.15. The maximum Gasteiger partial charge on any atom is 0.137 e. The van der Waals surface area contributed by atoms with Crippen LogP contribution >= 0.6 is 0 Å². The molecule has 6 rings (SSSR count). The van der Waals surface area contributed by atoms with Crippen LogP contribution in [0.15, 0.2) is 67.6 Å². The lowest BCUT2D eigenvalue weighted by molar-refractivity contribution is 0.301. The second kappa shape index (κ2) is 8.87. The van der Waals surface area contributed by atoms with Gasteiger partial charge in [-0.1, -0.05) is 17.7 Å². The summed E-state index contributed by atoms with van der Waals surface area (Å²) in [5, 5.41) is 12.3. The van der Waals surface area contributed by atoms with Crippen molar-refractivity contribution >= 4 is 5.65 Å². The largest absolute Gasteiger partial charge is 0.322 e. The molecule has 172 valence electrons. The Kier molecular flexibility index (Phi) is 5.43. The molecule has 0 saturated heterocycles. The summed E-state index contributed by atoms with van der Waals surface area (Å²) in [5.74, 6) is 0.868. The number of aromatic nitrogens is 7. The van der Waals surface area contributed by atoms with Gasteiger partial charge in [0.2, 0.25) is 0 Å². The van der Waals surface area contributed by atoms with E-state index in [1.54, 1.807) is 0 Å². The minimum Gasteiger partial charge on any atom is -0.322 e. The summed E-state index contributed by atoms with van der Waals surface area (Å²) < 4.78 is 5.98. The van der Waals surface area contributed by atoms with Crippen LogP contribution in [0.3, 0.4) is 0 Å². The van der Waals surface area contributed by atoms with Crippen LogP contribution in [0.2, 0.25) is 0 Å². The first-order valence-corrected chi connectivity index (χ1v) is 11.9. The third-order valence-electron chi connectivity index (χ3n) is 6.57. The van der Waals surface area contributed by atoms with Crippen molar-refractivity contribution in [1.29, 1.82) is 0 Å². The molecule has 5 aromatic rings. The standard InChI is InChI=1S/C26H28N8/c1-19-7-8-32(14-19)24-9-22(12-28-13-24)25-18-34(31-30-25)17-23-16-33-15-21(5-6-26(33)29-23)11-27-10-20-3-2-4-20/h5-9,12-16,18,20,27H,2-4,10-11,17H2,1H3. The Morgan fingerprint density at radius 2 is 2.00 bits per heavy atom. The molecule has 1 fully saturated rings. The Labute approximate surface area is 198 Å². The molecule has 34 heavy (non-hydrogen) atoms. The first-order chi connectivity index (χ1) is 16.7. The smallest absolute Gasteiger partial charge is 0.137 e. The zero-order valence-corrected chi connectivity index (χ0v) is 19.3. The van der Waals surface area contributed by atoms with Crippen molar-refractivity contribution in [3.8, 4) is 16.9 Å². The van der Waals surface area contributed by atoms with E-state index >= 15 is 0 Å². The molecule has 0 bridgehead atoms. The topological polar surface area (TPSA) is 77.9 Å². The van der Waals surface area contributed by atoms with E-state index in [2.05, 4.69) is 79.4 Å². The molecule has 0 atom stereocenters. The first-order valence-electron chi connectivity index (χ1n) is 11.9. The minimum absolute atomic E-state index is 0.563. The van der Waals surface area contributed by atoms with Gasteiger partial charge in [-0.2, -0.15) is 0 Å². The maximum absolute atomic E-state index is 4.76. The third kappa shape index (κ3) is 4.36. The highest BCUT2D eigenvalue weighted by Crippen LogP contribution is 2.25. The van der Waals surface area contributed by atoms with Crippen LogP contribution in [0.5, 0.6) is 0 Å². The fourth-order valence-electron chi connectivity index (χ4n) is 4.44. The van der Waals surface area contributed by atoms with Gasteiger partial charge in [0.15, 0.2) is 0 Å². The highest BCUT2D eigenvalue weighted by molar-refractivity contribution is 5.59. The van der Waals surface area contributed by atoms with E-state index in [9.17, 15) is 0 Å². The molecule has 1 aliphatic carbocycles. The summed E-state index contributed by atoms with van der Waals surface area (Å²) in [7, 11) is 0.